The molecule has 0 aliphatic carbocycles. The normalized spacial score (nSPS) is 11.4. The summed E-state index contributed by atoms with van der Waals surface area (Å²) in [5.41, 5.74) is -0.663. The Morgan fingerprint density at radius 2 is 1.28 bits per heavy atom. The van der Waals surface area contributed by atoms with E-state index in [1.807, 2.05) is 0 Å². The van der Waals surface area contributed by atoms with E-state index in [1.165, 1.54) is 24.5 Å². The first-order chi connectivity index (χ1) is 17.6. The van der Waals surface area contributed by atoms with Gasteiger partial charge in [0.05, 0.1) is 35.6 Å². The lowest BCUT2D eigenvalue weighted by atomic mass is 10.1. The maximum Gasteiger partial charge on any atom is 0.435 e. The zero-order chi connectivity index (χ0) is 28.4. The van der Waals surface area contributed by atoms with E-state index in [9.17, 15) is 23.2 Å². The maximum atomic E-state index is 13.6. The lowest BCUT2D eigenvalue weighted by molar-refractivity contribution is 0.0511. The van der Waals surface area contributed by atoms with Crippen molar-refractivity contribution >= 4 is 40.3 Å². The molecule has 0 saturated heterocycles. The molecule has 0 spiro atoms. The molecule has 0 saturated carbocycles. The minimum atomic E-state index is -0.701. The number of fused-ring (bicyclic) bond motifs is 2. The van der Waals surface area contributed by atoms with E-state index in [0.717, 1.165) is 21.5 Å². The minimum absolute atomic E-state index is 0. The molecule has 0 amide bonds. The highest BCUT2D eigenvalue weighted by molar-refractivity contribution is 5.92. The predicted molar refractivity (Wildman–Crippen MR) is 141 cm³/mol. The fourth-order valence-electron chi connectivity index (χ4n) is 3.27. The Labute approximate surface area is 224 Å². The molecule has 0 radical (unpaired) electrons. The predicted octanol–water partition coefficient (Wildman–Crippen LogP) is 5.86. The van der Waals surface area contributed by atoms with Gasteiger partial charge in [0.25, 0.3) is 0 Å². The molecule has 0 atom stereocenters. The van der Waals surface area contributed by atoms with E-state index < -0.39 is 41.6 Å². The highest BCUT2D eigenvalue weighted by atomic mass is 19.1. The third kappa shape index (κ3) is 7.44. The van der Waals surface area contributed by atoms with Crippen LogP contribution in [0.15, 0.2) is 36.7 Å². The van der Waals surface area contributed by atoms with Crippen LogP contribution in [0.4, 0.5) is 18.4 Å². The van der Waals surface area contributed by atoms with Crippen LogP contribution in [-0.2, 0) is 16.1 Å². The number of carbonyl (C=O) groups is 3. The summed E-state index contributed by atoms with van der Waals surface area (Å²) in [5.74, 6) is -1.28. The fraction of sp³-hybridized carbons (Fsp3) is 0.370. The molecule has 4 rings (SSSR count). The summed E-state index contributed by atoms with van der Waals surface area (Å²) in [6.45, 7) is 9.98. The molecule has 4 aromatic rings. The van der Waals surface area contributed by atoms with Gasteiger partial charge in [0.15, 0.2) is 6.29 Å². The largest absolute Gasteiger partial charge is 0.442 e. The zero-order valence-electron chi connectivity index (χ0n) is 21.8. The first-order valence-electron chi connectivity index (χ1n) is 11.5. The van der Waals surface area contributed by atoms with Crippen LogP contribution in [0.1, 0.15) is 64.9 Å². The highest BCUT2D eigenvalue weighted by Crippen LogP contribution is 2.21. The number of aromatic nitrogens is 4. The van der Waals surface area contributed by atoms with Gasteiger partial charge in [-0.25, -0.2) is 18.4 Å². The van der Waals surface area contributed by atoms with E-state index in [-0.39, 0.29) is 24.1 Å². The molecular formula is C27H32F2N4O6. The summed E-state index contributed by atoms with van der Waals surface area (Å²) in [5, 5.41) is 17.8. The molecule has 2 aromatic heterocycles. The van der Waals surface area contributed by atoms with Crippen molar-refractivity contribution in [1.29, 1.82) is 0 Å². The summed E-state index contributed by atoms with van der Waals surface area (Å²) in [6, 6.07) is 5.05. The SMILES string of the molecule is C.CC(C)(C)OC(=O)n1ncc2cc(C=O)c(F)cc21.CC(C)(C)OC(=O)n1ncc2cc(CO)c(F)cc21. The highest BCUT2D eigenvalue weighted by Gasteiger charge is 2.22. The van der Waals surface area contributed by atoms with E-state index in [2.05, 4.69) is 10.2 Å². The van der Waals surface area contributed by atoms with E-state index >= 15 is 0 Å². The van der Waals surface area contributed by atoms with Gasteiger partial charge in [0.1, 0.15) is 22.8 Å². The lowest BCUT2D eigenvalue weighted by Gasteiger charge is -2.19. The van der Waals surface area contributed by atoms with Gasteiger partial charge in [0, 0.05) is 28.5 Å². The van der Waals surface area contributed by atoms with Crippen LogP contribution in [0.2, 0.25) is 0 Å². The second kappa shape index (κ2) is 11.7. The number of rotatable bonds is 2. The van der Waals surface area contributed by atoms with Crippen LogP contribution in [-0.4, -0.2) is 54.3 Å². The number of nitrogens with zero attached hydrogens (tertiary/aromatic N) is 4. The maximum absolute atomic E-state index is 13.6. The van der Waals surface area contributed by atoms with E-state index in [0.29, 0.717) is 22.6 Å². The van der Waals surface area contributed by atoms with Crippen molar-refractivity contribution in [2.75, 3.05) is 0 Å². The second-order valence-corrected chi connectivity index (χ2v) is 10.3. The van der Waals surface area contributed by atoms with Crippen molar-refractivity contribution in [2.45, 2.75) is 66.8 Å². The van der Waals surface area contributed by atoms with Gasteiger partial charge in [-0.2, -0.15) is 19.6 Å². The van der Waals surface area contributed by atoms with Crippen molar-refractivity contribution < 1.29 is 37.7 Å². The molecule has 0 unspecified atom stereocenters. The van der Waals surface area contributed by atoms with Crippen LogP contribution >= 0.6 is 0 Å². The number of hydrogen-bond donors (Lipinski definition) is 1. The van der Waals surface area contributed by atoms with Crippen molar-refractivity contribution in [1.82, 2.24) is 19.6 Å². The minimum Gasteiger partial charge on any atom is -0.442 e. The van der Waals surface area contributed by atoms with Crippen LogP contribution in [0, 0.1) is 11.6 Å². The summed E-state index contributed by atoms with van der Waals surface area (Å²) >= 11 is 0. The van der Waals surface area contributed by atoms with E-state index in [1.54, 1.807) is 41.5 Å². The Kier molecular flexibility index (Phi) is 9.30. The van der Waals surface area contributed by atoms with Crippen LogP contribution in [0.5, 0.6) is 0 Å². The summed E-state index contributed by atoms with van der Waals surface area (Å²) in [4.78, 5) is 34.4. The Bertz CT molecular complexity index is 1510. The van der Waals surface area contributed by atoms with E-state index in [4.69, 9.17) is 14.6 Å². The lowest BCUT2D eigenvalue weighted by Crippen LogP contribution is -2.27. The van der Waals surface area contributed by atoms with Crippen molar-refractivity contribution in [3.63, 3.8) is 0 Å². The number of aliphatic hydroxyl groups is 1. The first kappa shape index (κ1) is 31.0. The summed E-state index contributed by atoms with van der Waals surface area (Å²) in [7, 11) is 0. The Morgan fingerprint density at radius 3 is 1.69 bits per heavy atom. The molecule has 1 N–H and O–H groups in total. The van der Waals surface area contributed by atoms with Gasteiger partial charge in [-0.3, -0.25) is 4.79 Å². The third-order valence-corrected chi connectivity index (χ3v) is 4.85. The topological polar surface area (TPSA) is 126 Å². The number of aldehydes is 1. The quantitative estimate of drug-likeness (QED) is 0.310. The van der Waals surface area contributed by atoms with Gasteiger partial charge in [-0.05, 0) is 53.7 Å². The Morgan fingerprint density at radius 1 is 0.846 bits per heavy atom. The number of ether oxygens (including phenoxy) is 2. The average Bonchev–Trinajstić information content (AvgIpc) is 3.39. The first-order valence-corrected chi connectivity index (χ1v) is 11.5. The molecule has 39 heavy (non-hydrogen) atoms. The Balaban J connectivity index is 0.000000267. The van der Waals surface area contributed by atoms with Gasteiger partial charge >= 0.3 is 12.2 Å². The molecule has 0 aliphatic heterocycles. The van der Waals surface area contributed by atoms with Crippen LogP contribution < -0.4 is 0 Å². The molecule has 210 valence electrons. The fourth-order valence-corrected chi connectivity index (χ4v) is 3.27. The molecule has 12 heteroatoms. The monoisotopic (exact) mass is 546 g/mol. The molecule has 0 bridgehead atoms. The van der Waals surface area contributed by atoms with Crippen molar-refractivity contribution in [3.8, 4) is 0 Å². The molecule has 0 aliphatic rings. The number of hydrogen-bond acceptors (Lipinski definition) is 8. The third-order valence-electron chi connectivity index (χ3n) is 4.85. The second-order valence-electron chi connectivity index (χ2n) is 10.3. The standard InChI is InChI=1S/C13H15FN2O3.C13H13FN2O3.CH4/c2*1-13(2,3)19-12(18)16-11-5-10(14)9(7-17)4-8(11)6-15-16;/h4-6,17H,7H2,1-3H3;4-7H,1-3H3;1H4. The smallest absolute Gasteiger partial charge is 0.435 e. The number of aliphatic hydroxyl groups excluding tert-OH is 1. The van der Waals surface area contributed by atoms with Crippen LogP contribution in [0.25, 0.3) is 21.8 Å². The molecule has 2 aromatic carbocycles. The van der Waals surface area contributed by atoms with Gasteiger partial charge < -0.3 is 14.6 Å². The number of benzene rings is 2. The average molecular weight is 547 g/mol. The van der Waals surface area contributed by atoms with Crippen molar-refractivity contribution in [2.24, 2.45) is 0 Å². The van der Waals surface area contributed by atoms with Gasteiger partial charge in [-0.15, -0.1) is 0 Å². The zero-order valence-corrected chi connectivity index (χ0v) is 21.8. The van der Waals surface area contributed by atoms with Crippen LogP contribution in [0.3, 0.4) is 0 Å². The van der Waals surface area contributed by atoms with Crippen molar-refractivity contribution in [3.05, 3.63) is 59.4 Å². The molecule has 0 fully saturated rings. The van der Waals surface area contributed by atoms with Gasteiger partial charge in [0.2, 0.25) is 0 Å². The summed E-state index contributed by atoms with van der Waals surface area (Å²) < 4.78 is 39.5. The Hall–Kier alpha value is -4.19. The van der Waals surface area contributed by atoms with Gasteiger partial charge in [-0.1, -0.05) is 7.43 Å². The molecule has 10 nitrogen and oxygen atoms in total. The summed E-state index contributed by atoms with van der Waals surface area (Å²) in [6.07, 6.45) is 1.86. The number of halogens is 2. The molecule has 2 heterocycles. The number of carbonyl (C=O) groups excluding carboxylic acids is 3. The molecular weight excluding hydrogens is 514 g/mol.